The summed E-state index contributed by atoms with van der Waals surface area (Å²) in [7, 11) is 0. The molecule has 0 bridgehead atoms. The van der Waals surface area contributed by atoms with Crippen molar-refractivity contribution in [1.29, 1.82) is 0 Å². The highest BCUT2D eigenvalue weighted by Crippen LogP contribution is 2.15. The van der Waals surface area contributed by atoms with Gasteiger partial charge < -0.3 is 9.84 Å². The molecule has 2 aromatic rings. The predicted octanol–water partition coefficient (Wildman–Crippen LogP) is 3.78. The maximum absolute atomic E-state index is 10.4. The molecule has 0 aliphatic heterocycles. The third kappa shape index (κ3) is 5.05. The Bertz CT molecular complexity index is 517. The molecule has 0 saturated heterocycles. The smallest absolute Gasteiger partial charge is 0.303 e. The molecule has 0 amide bonds. The highest BCUT2D eigenvalue weighted by Gasteiger charge is 2.00. The summed E-state index contributed by atoms with van der Waals surface area (Å²) in [4.78, 5) is 10.4. The van der Waals surface area contributed by atoms with E-state index < -0.39 is 5.97 Å². The molecule has 0 atom stereocenters. The molecule has 106 valence electrons. The van der Waals surface area contributed by atoms with Crippen molar-refractivity contribution in [1.82, 2.24) is 0 Å². The third-order valence-corrected chi connectivity index (χ3v) is 3.75. The van der Waals surface area contributed by atoms with Gasteiger partial charge in [0.15, 0.2) is 0 Å². The molecule has 0 saturated carbocycles. The van der Waals surface area contributed by atoms with Crippen LogP contribution >= 0.6 is 11.3 Å². The number of ether oxygens (including phenoxy) is 1. The average Bonchev–Trinajstić information content (AvgIpc) is 2.93. The number of carboxylic acids is 1. The summed E-state index contributed by atoms with van der Waals surface area (Å²) in [5.41, 5.74) is 2.46. The molecule has 1 aromatic heterocycles. The number of benzene rings is 1. The average molecular weight is 290 g/mol. The molecule has 0 fully saturated rings. The first-order valence-electron chi connectivity index (χ1n) is 6.68. The lowest BCUT2D eigenvalue weighted by Gasteiger charge is -2.06. The van der Waals surface area contributed by atoms with Crippen LogP contribution in [0.5, 0.6) is 5.75 Å². The number of rotatable bonds is 8. The van der Waals surface area contributed by atoms with Gasteiger partial charge in [0.2, 0.25) is 0 Å². The molecule has 1 heterocycles. The van der Waals surface area contributed by atoms with Gasteiger partial charge in [-0.25, -0.2) is 0 Å². The Hall–Kier alpha value is -1.81. The molecule has 3 nitrogen and oxygen atoms in total. The van der Waals surface area contributed by atoms with Crippen molar-refractivity contribution in [2.75, 3.05) is 6.61 Å². The van der Waals surface area contributed by atoms with Crippen molar-refractivity contribution in [2.45, 2.75) is 25.7 Å². The molecule has 4 heteroatoms. The summed E-state index contributed by atoms with van der Waals surface area (Å²) in [6, 6.07) is 10.0. The van der Waals surface area contributed by atoms with Gasteiger partial charge in [0.05, 0.1) is 6.61 Å². The molecular formula is C16H18O3S. The van der Waals surface area contributed by atoms with Gasteiger partial charge in [0.25, 0.3) is 0 Å². The molecule has 1 aromatic carbocycles. The number of thiophene rings is 1. The largest absolute Gasteiger partial charge is 0.493 e. The zero-order valence-corrected chi connectivity index (χ0v) is 12.1. The second-order valence-electron chi connectivity index (χ2n) is 4.62. The highest BCUT2D eigenvalue weighted by molar-refractivity contribution is 7.07. The van der Waals surface area contributed by atoms with Crippen molar-refractivity contribution in [3.05, 3.63) is 52.2 Å². The zero-order valence-electron chi connectivity index (χ0n) is 11.2. The van der Waals surface area contributed by atoms with Gasteiger partial charge in [0.1, 0.15) is 5.75 Å². The molecule has 0 radical (unpaired) electrons. The van der Waals surface area contributed by atoms with E-state index in [1.165, 1.54) is 5.56 Å². The van der Waals surface area contributed by atoms with Gasteiger partial charge in [-0.05, 0) is 52.9 Å². The van der Waals surface area contributed by atoms with Crippen LogP contribution in [-0.2, 0) is 17.6 Å². The van der Waals surface area contributed by atoms with Crippen LogP contribution in [0.1, 0.15) is 24.0 Å². The molecule has 20 heavy (non-hydrogen) atoms. The van der Waals surface area contributed by atoms with Crippen LogP contribution in [0, 0.1) is 0 Å². The lowest BCUT2D eigenvalue weighted by molar-refractivity contribution is -0.137. The molecule has 0 aliphatic carbocycles. The minimum absolute atomic E-state index is 0.221. The van der Waals surface area contributed by atoms with Crippen molar-refractivity contribution in [3.8, 4) is 5.75 Å². The first-order valence-corrected chi connectivity index (χ1v) is 7.63. The predicted molar refractivity (Wildman–Crippen MR) is 80.5 cm³/mol. The van der Waals surface area contributed by atoms with E-state index in [1.807, 2.05) is 24.3 Å². The number of hydrogen-bond donors (Lipinski definition) is 1. The lowest BCUT2D eigenvalue weighted by atomic mass is 10.1. The van der Waals surface area contributed by atoms with E-state index in [0.29, 0.717) is 13.0 Å². The third-order valence-electron chi connectivity index (χ3n) is 3.02. The Morgan fingerprint density at radius 2 is 1.90 bits per heavy atom. The fourth-order valence-corrected chi connectivity index (χ4v) is 2.62. The summed E-state index contributed by atoms with van der Waals surface area (Å²) in [6.07, 6.45) is 2.61. The van der Waals surface area contributed by atoms with Gasteiger partial charge in [-0.3, -0.25) is 4.79 Å². The second kappa shape index (κ2) is 7.70. The van der Waals surface area contributed by atoms with E-state index in [-0.39, 0.29) is 6.42 Å². The van der Waals surface area contributed by atoms with Crippen LogP contribution in [0.3, 0.4) is 0 Å². The Balaban J connectivity index is 1.72. The van der Waals surface area contributed by atoms with Crippen molar-refractivity contribution in [2.24, 2.45) is 0 Å². The van der Waals surface area contributed by atoms with Crippen molar-refractivity contribution >= 4 is 17.3 Å². The highest BCUT2D eigenvalue weighted by atomic mass is 32.1. The SMILES string of the molecule is O=C(O)CCCc1ccc(OCCc2ccsc2)cc1. The van der Waals surface area contributed by atoms with E-state index in [1.54, 1.807) is 11.3 Å². The van der Waals surface area contributed by atoms with E-state index in [0.717, 1.165) is 24.2 Å². The maximum atomic E-state index is 10.4. The fraction of sp³-hybridized carbons (Fsp3) is 0.312. The Morgan fingerprint density at radius 1 is 1.10 bits per heavy atom. The van der Waals surface area contributed by atoms with Gasteiger partial charge in [0, 0.05) is 12.8 Å². The summed E-state index contributed by atoms with van der Waals surface area (Å²) in [5, 5.41) is 12.8. The number of carbonyl (C=O) groups is 1. The quantitative estimate of drug-likeness (QED) is 0.805. The molecular weight excluding hydrogens is 272 g/mol. The van der Waals surface area contributed by atoms with Gasteiger partial charge in [-0.2, -0.15) is 11.3 Å². The van der Waals surface area contributed by atoms with E-state index in [9.17, 15) is 4.79 Å². The minimum Gasteiger partial charge on any atom is -0.493 e. The Labute approximate surface area is 122 Å². The van der Waals surface area contributed by atoms with Crippen LogP contribution < -0.4 is 4.74 Å². The van der Waals surface area contributed by atoms with Crippen LogP contribution in [0.2, 0.25) is 0 Å². The van der Waals surface area contributed by atoms with Gasteiger partial charge >= 0.3 is 5.97 Å². The first kappa shape index (κ1) is 14.6. The first-order chi connectivity index (χ1) is 9.74. The standard InChI is InChI=1S/C16H18O3S/c17-16(18)3-1-2-13-4-6-15(7-5-13)19-10-8-14-9-11-20-12-14/h4-7,9,11-12H,1-3,8,10H2,(H,17,18). The zero-order chi connectivity index (χ0) is 14.2. The monoisotopic (exact) mass is 290 g/mol. The minimum atomic E-state index is -0.738. The van der Waals surface area contributed by atoms with Crippen molar-refractivity contribution < 1.29 is 14.6 Å². The molecule has 0 aliphatic rings. The van der Waals surface area contributed by atoms with E-state index in [2.05, 4.69) is 16.8 Å². The molecule has 0 spiro atoms. The Morgan fingerprint density at radius 3 is 2.55 bits per heavy atom. The maximum Gasteiger partial charge on any atom is 0.303 e. The number of aliphatic carboxylic acids is 1. The molecule has 1 N–H and O–H groups in total. The number of aryl methyl sites for hydroxylation is 1. The van der Waals surface area contributed by atoms with Crippen LogP contribution in [0.4, 0.5) is 0 Å². The van der Waals surface area contributed by atoms with Crippen LogP contribution in [0.15, 0.2) is 41.1 Å². The van der Waals surface area contributed by atoms with Crippen molar-refractivity contribution in [3.63, 3.8) is 0 Å². The number of hydrogen-bond acceptors (Lipinski definition) is 3. The summed E-state index contributed by atoms with van der Waals surface area (Å²) < 4.78 is 5.69. The summed E-state index contributed by atoms with van der Waals surface area (Å²) in [6.45, 7) is 0.676. The van der Waals surface area contributed by atoms with E-state index in [4.69, 9.17) is 9.84 Å². The topological polar surface area (TPSA) is 46.5 Å². The van der Waals surface area contributed by atoms with E-state index >= 15 is 0 Å². The number of carboxylic acid groups (broad SMARTS) is 1. The second-order valence-corrected chi connectivity index (χ2v) is 5.40. The van der Waals surface area contributed by atoms with Crippen LogP contribution in [-0.4, -0.2) is 17.7 Å². The summed E-state index contributed by atoms with van der Waals surface area (Å²) >= 11 is 1.70. The Kier molecular flexibility index (Phi) is 5.62. The molecule has 0 unspecified atom stereocenters. The van der Waals surface area contributed by atoms with Gasteiger partial charge in [-0.1, -0.05) is 12.1 Å². The fourth-order valence-electron chi connectivity index (χ4n) is 1.92. The summed E-state index contributed by atoms with van der Waals surface area (Å²) in [5.74, 6) is 0.126. The van der Waals surface area contributed by atoms with Gasteiger partial charge in [-0.15, -0.1) is 0 Å². The molecule has 2 rings (SSSR count). The normalized spacial score (nSPS) is 10.4. The lowest BCUT2D eigenvalue weighted by Crippen LogP contribution is -2.00. The van der Waals surface area contributed by atoms with Crippen LogP contribution in [0.25, 0.3) is 0 Å².